The van der Waals surface area contributed by atoms with Crippen molar-refractivity contribution in [2.24, 2.45) is 5.84 Å². The number of hydrogen-bond donors (Lipinski definition) is 2. The van der Waals surface area contributed by atoms with Crippen molar-refractivity contribution < 1.29 is 0 Å². The first-order valence-corrected chi connectivity index (χ1v) is 4.53. The number of anilines is 1. The van der Waals surface area contributed by atoms with E-state index < -0.39 is 0 Å². The Labute approximate surface area is 81.9 Å². The number of nitrogens with zero attached hydrogens (tertiary/aromatic N) is 3. The third-order valence-electron chi connectivity index (χ3n) is 2.14. The molecule has 2 heterocycles. The standard InChI is InChI=1S/C9H13N5/c1-6(2)7-5-8-9(12-10)11-3-4-14(8)13-7/h3-6H,10H2,1-2H3,(H,11,12). The van der Waals surface area contributed by atoms with Gasteiger partial charge in [0.05, 0.1) is 5.69 Å². The number of nitrogen functional groups attached to an aromatic ring is 1. The SMILES string of the molecule is CC(C)c1cc2c(NN)nccn2n1. The predicted octanol–water partition coefficient (Wildman–Crippen LogP) is 1.14. The van der Waals surface area contributed by atoms with Crippen LogP contribution in [-0.4, -0.2) is 14.6 Å². The summed E-state index contributed by atoms with van der Waals surface area (Å²) in [7, 11) is 0. The summed E-state index contributed by atoms with van der Waals surface area (Å²) in [5, 5.41) is 4.40. The number of hydrogen-bond acceptors (Lipinski definition) is 4. The van der Waals surface area contributed by atoms with Crippen LogP contribution in [0.25, 0.3) is 5.52 Å². The molecule has 5 heteroatoms. The molecule has 2 rings (SSSR count). The van der Waals surface area contributed by atoms with Crippen LogP contribution < -0.4 is 11.3 Å². The molecule has 0 spiro atoms. The highest BCUT2D eigenvalue weighted by Crippen LogP contribution is 2.18. The van der Waals surface area contributed by atoms with Crippen LogP contribution in [0, 0.1) is 0 Å². The highest BCUT2D eigenvalue weighted by molar-refractivity contribution is 5.67. The van der Waals surface area contributed by atoms with Crippen molar-refractivity contribution in [3.63, 3.8) is 0 Å². The molecule has 0 aliphatic rings. The minimum absolute atomic E-state index is 0.403. The fraction of sp³-hybridized carbons (Fsp3) is 0.333. The summed E-state index contributed by atoms with van der Waals surface area (Å²) in [6, 6.07) is 1.99. The van der Waals surface area contributed by atoms with Crippen molar-refractivity contribution in [2.75, 3.05) is 5.43 Å². The molecule has 0 fully saturated rings. The van der Waals surface area contributed by atoms with Crippen LogP contribution in [-0.2, 0) is 0 Å². The van der Waals surface area contributed by atoms with Gasteiger partial charge in [-0.25, -0.2) is 15.3 Å². The van der Waals surface area contributed by atoms with E-state index in [9.17, 15) is 0 Å². The first-order chi connectivity index (χ1) is 6.72. The van der Waals surface area contributed by atoms with Gasteiger partial charge in [0.15, 0.2) is 5.82 Å². The summed E-state index contributed by atoms with van der Waals surface area (Å²) >= 11 is 0. The van der Waals surface area contributed by atoms with Gasteiger partial charge in [-0.2, -0.15) is 5.10 Å². The van der Waals surface area contributed by atoms with E-state index >= 15 is 0 Å². The molecule has 0 saturated carbocycles. The summed E-state index contributed by atoms with van der Waals surface area (Å²) in [5.41, 5.74) is 4.49. The lowest BCUT2D eigenvalue weighted by molar-refractivity contribution is 0.787. The summed E-state index contributed by atoms with van der Waals surface area (Å²) in [6.07, 6.45) is 3.47. The fourth-order valence-corrected chi connectivity index (χ4v) is 1.33. The van der Waals surface area contributed by atoms with E-state index in [1.165, 1.54) is 0 Å². The third-order valence-corrected chi connectivity index (χ3v) is 2.14. The quantitative estimate of drug-likeness (QED) is 0.551. The Bertz CT molecular complexity index is 445. The molecule has 2 aromatic heterocycles. The van der Waals surface area contributed by atoms with Gasteiger partial charge in [0, 0.05) is 12.4 Å². The van der Waals surface area contributed by atoms with Crippen LogP contribution in [0.5, 0.6) is 0 Å². The first-order valence-electron chi connectivity index (χ1n) is 4.53. The van der Waals surface area contributed by atoms with Gasteiger partial charge in [-0.1, -0.05) is 13.8 Å². The topological polar surface area (TPSA) is 68.2 Å². The average Bonchev–Trinajstić information content (AvgIpc) is 2.60. The van der Waals surface area contributed by atoms with Crippen molar-refractivity contribution in [3.8, 4) is 0 Å². The van der Waals surface area contributed by atoms with Gasteiger partial charge in [-0.05, 0) is 12.0 Å². The van der Waals surface area contributed by atoms with Crippen LogP contribution in [0.3, 0.4) is 0 Å². The maximum absolute atomic E-state index is 5.35. The molecule has 0 aromatic carbocycles. The summed E-state index contributed by atoms with van der Waals surface area (Å²) in [4.78, 5) is 4.10. The molecule has 74 valence electrons. The second kappa shape index (κ2) is 3.26. The van der Waals surface area contributed by atoms with E-state index in [0.29, 0.717) is 11.7 Å². The van der Waals surface area contributed by atoms with E-state index in [1.807, 2.05) is 12.3 Å². The number of nitrogens with one attached hydrogen (secondary N) is 1. The molecule has 0 aliphatic heterocycles. The van der Waals surface area contributed by atoms with Crippen LogP contribution >= 0.6 is 0 Å². The highest BCUT2D eigenvalue weighted by atomic mass is 15.3. The predicted molar refractivity (Wildman–Crippen MR) is 54.9 cm³/mol. The molecule has 0 amide bonds. The smallest absolute Gasteiger partial charge is 0.166 e. The Morgan fingerprint density at radius 3 is 2.93 bits per heavy atom. The maximum atomic E-state index is 5.35. The van der Waals surface area contributed by atoms with Crippen LogP contribution in [0.1, 0.15) is 25.5 Å². The van der Waals surface area contributed by atoms with E-state index in [2.05, 4.69) is 29.4 Å². The number of aromatic nitrogens is 3. The highest BCUT2D eigenvalue weighted by Gasteiger charge is 2.08. The van der Waals surface area contributed by atoms with E-state index in [4.69, 9.17) is 5.84 Å². The van der Waals surface area contributed by atoms with Gasteiger partial charge in [-0.3, -0.25) is 0 Å². The van der Waals surface area contributed by atoms with Crippen molar-refractivity contribution in [1.29, 1.82) is 0 Å². The molecular weight excluding hydrogens is 178 g/mol. The van der Waals surface area contributed by atoms with Gasteiger partial charge in [0.2, 0.25) is 0 Å². The molecule has 0 radical (unpaired) electrons. The number of nitrogens with two attached hydrogens (primary N) is 1. The third kappa shape index (κ3) is 1.31. The molecule has 5 nitrogen and oxygen atoms in total. The number of fused-ring (bicyclic) bond motifs is 1. The van der Waals surface area contributed by atoms with Crippen LogP contribution in [0.2, 0.25) is 0 Å². The molecule has 3 N–H and O–H groups in total. The molecule has 0 aliphatic carbocycles. The minimum atomic E-state index is 0.403. The lowest BCUT2D eigenvalue weighted by Gasteiger charge is -1.98. The maximum Gasteiger partial charge on any atom is 0.166 e. The zero-order valence-electron chi connectivity index (χ0n) is 8.23. The summed E-state index contributed by atoms with van der Waals surface area (Å²) in [6.45, 7) is 4.20. The Balaban J connectivity index is 2.64. The van der Waals surface area contributed by atoms with Crippen LogP contribution in [0.15, 0.2) is 18.5 Å². The fourth-order valence-electron chi connectivity index (χ4n) is 1.33. The van der Waals surface area contributed by atoms with Gasteiger partial charge in [0.25, 0.3) is 0 Å². The summed E-state index contributed by atoms with van der Waals surface area (Å²) in [5.74, 6) is 6.40. The van der Waals surface area contributed by atoms with Gasteiger partial charge < -0.3 is 5.43 Å². The Hall–Kier alpha value is -1.62. The van der Waals surface area contributed by atoms with Gasteiger partial charge >= 0.3 is 0 Å². The van der Waals surface area contributed by atoms with Crippen LogP contribution in [0.4, 0.5) is 5.82 Å². The van der Waals surface area contributed by atoms with E-state index in [-0.39, 0.29) is 0 Å². The molecule has 0 atom stereocenters. The second-order valence-electron chi connectivity index (χ2n) is 3.47. The Morgan fingerprint density at radius 2 is 2.29 bits per heavy atom. The minimum Gasteiger partial charge on any atom is -0.307 e. The molecule has 0 bridgehead atoms. The lowest BCUT2D eigenvalue weighted by Crippen LogP contribution is -2.09. The number of hydrazine groups is 1. The van der Waals surface area contributed by atoms with Gasteiger partial charge in [-0.15, -0.1) is 0 Å². The zero-order chi connectivity index (χ0) is 10.1. The first kappa shape index (κ1) is 8.96. The van der Waals surface area contributed by atoms with Crippen molar-refractivity contribution in [3.05, 3.63) is 24.2 Å². The van der Waals surface area contributed by atoms with E-state index in [1.54, 1.807) is 10.7 Å². The molecule has 2 aromatic rings. The Morgan fingerprint density at radius 1 is 1.50 bits per heavy atom. The van der Waals surface area contributed by atoms with E-state index in [0.717, 1.165) is 11.2 Å². The molecule has 0 saturated heterocycles. The van der Waals surface area contributed by atoms with Gasteiger partial charge in [0.1, 0.15) is 5.52 Å². The van der Waals surface area contributed by atoms with Crippen molar-refractivity contribution >= 4 is 11.3 Å². The largest absolute Gasteiger partial charge is 0.307 e. The molecular formula is C9H13N5. The monoisotopic (exact) mass is 191 g/mol. The second-order valence-corrected chi connectivity index (χ2v) is 3.47. The zero-order valence-corrected chi connectivity index (χ0v) is 8.23. The summed E-state index contributed by atoms with van der Waals surface area (Å²) < 4.78 is 1.78. The molecule has 0 unspecified atom stereocenters. The van der Waals surface area contributed by atoms with Crippen molar-refractivity contribution in [1.82, 2.24) is 14.6 Å². The van der Waals surface area contributed by atoms with Crippen molar-refractivity contribution in [2.45, 2.75) is 19.8 Å². The lowest BCUT2D eigenvalue weighted by atomic mass is 10.1. The number of rotatable bonds is 2. The molecule has 14 heavy (non-hydrogen) atoms. The normalized spacial score (nSPS) is 11.1. The average molecular weight is 191 g/mol. The Kier molecular flexibility index (Phi) is 2.09.